The molecular formula is C27H38N2O6S. The first kappa shape index (κ1) is 29.3. The molecule has 2 atom stereocenters. The van der Waals surface area contributed by atoms with Crippen molar-refractivity contribution in [1.29, 1.82) is 0 Å². The molecule has 2 aromatic rings. The van der Waals surface area contributed by atoms with E-state index in [1.54, 1.807) is 30.5 Å². The number of amides is 2. The fourth-order valence-electron chi connectivity index (χ4n) is 3.56. The number of ketones is 1. The van der Waals surface area contributed by atoms with Gasteiger partial charge in [0.2, 0.25) is 5.91 Å². The largest absolute Gasteiger partial charge is 0.493 e. The second kappa shape index (κ2) is 15.9. The summed E-state index contributed by atoms with van der Waals surface area (Å²) in [6, 6.07) is 9.34. The Morgan fingerprint density at radius 1 is 1.03 bits per heavy atom. The van der Waals surface area contributed by atoms with E-state index >= 15 is 0 Å². The first-order valence-electron chi connectivity index (χ1n) is 12.3. The summed E-state index contributed by atoms with van der Waals surface area (Å²) in [7, 11) is 1.52. The van der Waals surface area contributed by atoms with Crippen molar-refractivity contribution >= 4 is 29.4 Å². The molecule has 0 aliphatic rings. The van der Waals surface area contributed by atoms with Crippen LogP contribution in [0, 0.1) is 5.92 Å². The van der Waals surface area contributed by atoms with Gasteiger partial charge in [0.05, 0.1) is 30.9 Å². The van der Waals surface area contributed by atoms with E-state index in [1.807, 2.05) is 32.9 Å². The van der Waals surface area contributed by atoms with E-state index in [-0.39, 0.29) is 30.0 Å². The molecule has 1 aromatic heterocycles. The Balaban J connectivity index is 1.96. The number of rotatable bonds is 17. The Hall–Kier alpha value is -2.94. The lowest BCUT2D eigenvalue weighted by Crippen LogP contribution is -2.53. The van der Waals surface area contributed by atoms with Gasteiger partial charge >= 0.3 is 0 Å². The summed E-state index contributed by atoms with van der Waals surface area (Å²) in [5.41, 5.74) is 0. The number of thioether (sulfide) groups is 1. The molecule has 198 valence electrons. The summed E-state index contributed by atoms with van der Waals surface area (Å²) in [6.07, 6.45) is 4.32. The predicted molar refractivity (Wildman–Crippen MR) is 141 cm³/mol. The minimum atomic E-state index is -0.772. The van der Waals surface area contributed by atoms with Crippen molar-refractivity contribution < 1.29 is 28.3 Å². The van der Waals surface area contributed by atoms with Gasteiger partial charge in [-0.15, -0.1) is 11.8 Å². The minimum Gasteiger partial charge on any atom is -0.493 e. The standard InChI is InChI=1S/C27H38N2O6S/c1-5-6-11-21(23(30)18-36-17-20-10-9-14-34-20)29-27(32)22(15-19(2)3)28-26(31)16-35-25-13-8-7-12-24(25)33-4/h7-10,12-14,19,21-22H,5-6,11,15-18H2,1-4H3,(H,28,31)(H,29,32). The lowest BCUT2D eigenvalue weighted by Gasteiger charge is -2.24. The van der Waals surface area contributed by atoms with Crippen molar-refractivity contribution in [3.05, 3.63) is 48.4 Å². The van der Waals surface area contributed by atoms with Gasteiger partial charge in [-0.1, -0.05) is 45.7 Å². The second-order valence-corrected chi connectivity index (χ2v) is 9.92. The van der Waals surface area contributed by atoms with E-state index in [9.17, 15) is 14.4 Å². The third-order valence-electron chi connectivity index (χ3n) is 5.41. The molecule has 8 nitrogen and oxygen atoms in total. The first-order valence-corrected chi connectivity index (χ1v) is 13.5. The van der Waals surface area contributed by atoms with Crippen molar-refractivity contribution in [2.75, 3.05) is 19.5 Å². The maximum absolute atomic E-state index is 13.2. The number of hydrogen-bond acceptors (Lipinski definition) is 7. The maximum atomic E-state index is 13.2. The molecule has 0 aliphatic heterocycles. The highest BCUT2D eigenvalue weighted by Gasteiger charge is 2.27. The van der Waals surface area contributed by atoms with Gasteiger partial charge in [-0.2, -0.15) is 0 Å². The number of hydrogen-bond donors (Lipinski definition) is 2. The van der Waals surface area contributed by atoms with Crippen LogP contribution in [0.25, 0.3) is 0 Å². The Bertz CT molecular complexity index is 948. The highest BCUT2D eigenvalue weighted by Crippen LogP contribution is 2.25. The third-order valence-corrected chi connectivity index (χ3v) is 6.38. The average molecular weight is 519 g/mol. The first-order chi connectivity index (χ1) is 17.3. The normalized spacial score (nSPS) is 12.6. The number of furan rings is 1. The number of methoxy groups -OCH3 is 1. The topological polar surface area (TPSA) is 107 Å². The number of carbonyl (C=O) groups is 3. The summed E-state index contributed by atoms with van der Waals surface area (Å²) < 4.78 is 16.1. The van der Waals surface area contributed by atoms with E-state index in [1.165, 1.54) is 18.9 Å². The van der Waals surface area contributed by atoms with E-state index in [0.29, 0.717) is 30.1 Å². The molecule has 36 heavy (non-hydrogen) atoms. The van der Waals surface area contributed by atoms with Crippen LogP contribution in [-0.4, -0.2) is 49.2 Å². The Kier molecular flexibility index (Phi) is 13.0. The summed E-state index contributed by atoms with van der Waals surface area (Å²) in [6.45, 7) is 5.73. The number of unbranched alkanes of at least 4 members (excludes halogenated alkanes) is 1. The Morgan fingerprint density at radius 3 is 2.42 bits per heavy atom. The molecule has 2 N–H and O–H groups in total. The molecule has 1 heterocycles. The summed E-state index contributed by atoms with van der Waals surface area (Å²) >= 11 is 1.45. The van der Waals surface area contributed by atoms with Crippen LogP contribution < -0.4 is 20.1 Å². The van der Waals surface area contributed by atoms with Gasteiger partial charge in [0.1, 0.15) is 11.8 Å². The lowest BCUT2D eigenvalue weighted by atomic mass is 10.0. The Labute approximate surface area is 217 Å². The molecule has 0 aliphatic carbocycles. The number of benzene rings is 1. The van der Waals surface area contributed by atoms with E-state index in [2.05, 4.69) is 10.6 Å². The van der Waals surface area contributed by atoms with Gasteiger partial charge in [0.25, 0.3) is 5.91 Å². The van der Waals surface area contributed by atoms with E-state index < -0.39 is 18.0 Å². The number of ether oxygens (including phenoxy) is 2. The zero-order valence-corrected chi connectivity index (χ0v) is 22.4. The third kappa shape index (κ3) is 10.4. The van der Waals surface area contributed by atoms with Crippen LogP contribution in [0.15, 0.2) is 47.1 Å². The zero-order chi connectivity index (χ0) is 26.3. The van der Waals surface area contributed by atoms with Crippen molar-refractivity contribution in [1.82, 2.24) is 10.6 Å². The van der Waals surface area contributed by atoms with Crippen LogP contribution >= 0.6 is 11.8 Å². The minimum absolute atomic E-state index is 0.0394. The van der Waals surface area contributed by atoms with Crippen LogP contribution in [0.4, 0.5) is 0 Å². The molecule has 0 fully saturated rings. The van der Waals surface area contributed by atoms with Crippen LogP contribution in [0.5, 0.6) is 11.5 Å². The smallest absolute Gasteiger partial charge is 0.258 e. The fourth-order valence-corrected chi connectivity index (χ4v) is 4.43. The van der Waals surface area contributed by atoms with Gasteiger partial charge in [-0.3, -0.25) is 14.4 Å². The highest BCUT2D eigenvalue weighted by molar-refractivity contribution is 7.99. The molecule has 0 saturated heterocycles. The monoisotopic (exact) mass is 518 g/mol. The number of Topliss-reactive ketones (excluding diaryl/α,β-unsaturated/α-hetero) is 1. The average Bonchev–Trinajstić information content (AvgIpc) is 3.38. The van der Waals surface area contributed by atoms with Gasteiger partial charge in [-0.05, 0) is 43.0 Å². The molecule has 0 radical (unpaired) electrons. The van der Waals surface area contributed by atoms with E-state index in [4.69, 9.17) is 13.9 Å². The predicted octanol–water partition coefficient (Wildman–Crippen LogP) is 4.38. The molecule has 2 rings (SSSR count). The molecule has 2 unspecified atom stereocenters. The second-order valence-electron chi connectivity index (χ2n) is 8.93. The lowest BCUT2D eigenvalue weighted by molar-refractivity contribution is -0.132. The molecule has 0 bridgehead atoms. The SMILES string of the molecule is CCCCC(NC(=O)C(CC(C)C)NC(=O)COc1ccccc1OC)C(=O)CSCc1ccco1. The van der Waals surface area contributed by atoms with Crippen LogP contribution in [0.1, 0.15) is 52.2 Å². The van der Waals surface area contributed by atoms with Crippen LogP contribution in [-0.2, 0) is 20.1 Å². The summed E-state index contributed by atoms with van der Waals surface area (Å²) in [5, 5.41) is 5.67. The van der Waals surface area contributed by atoms with Crippen molar-refractivity contribution in [3.8, 4) is 11.5 Å². The van der Waals surface area contributed by atoms with Gasteiger partial charge in [-0.25, -0.2) is 0 Å². The molecule has 2 amide bonds. The fraction of sp³-hybridized carbons (Fsp3) is 0.519. The van der Waals surface area contributed by atoms with Gasteiger partial charge in [0, 0.05) is 0 Å². The Morgan fingerprint density at radius 2 is 1.78 bits per heavy atom. The highest BCUT2D eigenvalue weighted by atomic mass is 32.2. The van der Waals surface area contributed by atoms with Crippen LogP contribution in [0.2, 0.25) is 0 Å². The number of nitrogens with one attached hydrogen (secondary N) is 2. The summed E-state index contributed by atoms with van der Waals surface area (Å²) in [4.78, 5) is 38.7. The van der Waals surface area contributed by atoms with Gasteiger partial charge in [0.15, 0.2) is 23.9 Å². The molecular weight excluding hydrogens is 480 g/mol. The van der Waals surface area contributed by atoms with Crippen molar-refractivity contribution in [3.63, 3.8) is 0 Å². The number of carbonyl (C=O) groups excluding carboxylic acids is 3. The molecule has 1 aromatic carbocycles. The quantitative estimate of drug-likeness (QED) is 0.320. The summed E-state index contributed by atoms with van der Waals surface area (Å²) in [5.74, 6) is 1.95. The van der Waals surface area contributed by atoms with Crippen LogP contribution in [0.3, 0.4) is 0 Å². The molecule has 0 saturated carbocycles. The van der Waals surface area contributed by atoms with E-state index in [0.717, 1.165) is 18.6 Å². The number of para-hydroxylation sites is 2. The zero-order valence-electron chi connectivity index (χ0n) is 21.6. The maximum Gasteiger partial charge on any atom is 0.258 e. The molecule has 9 heteroatoms. The van der Waals surface area contributed by atoms with Crippen molar-refractivity contribution in [2.45, 2.75) is 64.3 Å². The van der Waals surface area contributed by atoms with Gasteiger partial charge < -0.3 is 24.5 Å². The van der Waals surface area contributed by atoms with Crippen molar-refractivity contribution in [2.24, 2.45) is 5.92 Å². The molecule has 0 spiro atoms.